The van der Waals surface area contributed by atoms with Crippen molar-refractivity contribution in [1.82, 2.24) is 15.0 Å². The average Bonchev–Trinajstić information content (AvgIpc) is 2.44. The fourth-order valence-corrected chi connectivity index (χ4v) is 2.34. The first-order chi connectivity index (χ1) is 9.60. The van der Waals surface area contributed by atoms with Gasteiger partial charge in [-0.05, 0) is 32.1 Å². The first kappa shape index (κ1) is 14.8. The van der Waals surface area contributed by atoms with Gasteiger partial charge in [0.05, 0.1) is 12.7 Å². The summed E-state index contributed by atoms with van der Waals surface area (Å²) < 4.78 is 5.42. The quantitative estimate of drug-likeness (QED) is 0.825. The fourth-order valence-electron chi connectivity index (χ4n) is 2.34. The molecule has 2 rings (SSSR count). The Morgan fingerprint density at radius 2 is 2.05 bits per heavy atom. The van der Waals surface area contributed by atoms with Crippen molar-refractivity contribution in [3.8, 4) is 6.01 Å². The van der Waals surface area contributed by atoms with Crippen LogP contribution in [-0.2, 0) is 0 Å². The monoisotopic (exact) mass is 281 g/mol. The molecule has 2 heterocycles. The molecule has 0 aliphatic carbocycles. The van der Waals surface area contributed by atoms with Gasteiger partial charge in [-0.25, -0.2) is 0 Å². The van der Waals surface area contributed by atoms with E-state index in [2.05, 4.69) is 19.9 Å². The van der Waals surface area contributed by atoms with Crippen molar-refractivity contribution < 1.29 is 9.84 Å². The highest BCUT2D eigenvalue weighted by Crippen LogP contribution is 2.24. The Labute approximate surface area is 119 Å². The van der Waals surface area contributed by atoms with Gasteiger partial charge in [0.1, 0.15) is 0 Å². The lowest BCUT2D eigenvalue weighted by molar-refractivity contribution is 0.109. The molecule has 1 aliphatic heterocycles. The number of ether oxygens (including phenoxy) is 1. The molecule has 1 aromatic rings. The van der Waals surface area contributed by atoms with Gasteiger partial charge in [0.2, 0.25) is 11.9 Å². The van der Waals surface area contributed by atoms with Crippen LogP contribution in [0.25, 0.3) is 0 Å². The molecule has 1 fully saturated rings. The van der Waals surface area contributed by atoms with E-state index in [9.17, 15) is 5.11 Å². The highest BCUT2D eigenvalue weighted by molar-refractivity contribution is 5.36. The summed E-state index contributed by atoms with van der Waals surface area (Å²) in [6, 6.07) is 0.284. The molecule has 0 aromatic carbocycles. The Morgan fingerprint density at radius 3 is 2.65 bits per heavy atom. The molecule has 3 N–H and O–H groups in total. The molecular weight excluding hydrogens is 258 g/mol. The standard InChI is InChI=1S/C13H23N5O2/c1-3-8-20-13-16-11(14)15-12(17-13)18-6-4-10(5-7-18)9(2)19/h9-10,19H,3-8H2,1-2H3,(H2,14,15,16,17). The second-order valence-electron chi connectivity index (χ2n) is 5.19. The van der Waals surface area contributed by atoms with Crippen LogP contribution in [0.15, 0.2) is 0 Å². The third kappa shape index (κ3) is 3.69. The van der Waals surface area contributed by atoms with E-state index in [0.717, 1.165) is 32.4 Å². The average molecular weight is 281 g/mol. The molecule has 0 radical (unpaired) electrons. The summed E-state index contributed by atoms with van der Waals surface area (Å²) in [7, 11) is 0. The number of anilines is 2. The molecule has 1 unspecified atom stereocenters. The Kier molecular flexibility index (Phi) is 4.94. The third-order valence-electron chi connectivity index (χ3n) is 3.56. The van der Waals surface area contributed by atoms with Crippen LogP contribution in [0.1, 0.15) is 33.1 Å². The molecule has 1 aromatic heterocycles. The molecule has 0 saturated carbocycles. The Hall–Kier alpha value is -1.63. The predicted octanol–water partition coefficient (Wildman–Crippen LogP) is 0.840. The van der Waals surface area contributed by atoms with Gasteiger partial charge >= 0.3 is 6.01 Å². The van der Waals surface area contributed by atoms with Gasteiger partial charge in [-0.15, -0.1) is 0 Å². The van der Waals surface area contributed by atoms with E-state index in [4.69, 9.17) is 10.5 Å². The van der Waals surface area contributed by atoms with Gasteiger partial charge in [0, 0.05) is 13.1 Å². The van der Waals surface area contributed by atoms with Crippen LogP contribution in [0.4, 0.5) is 11.9 Å². The summed E-state index contributed by atoms with van der Waals surface area (Å²) in [5, 5.41) is 9.62. The zero-order valence-corrected chi connectivity index (χ0v) is 12.1. The maximum atomic E-state index is 9.62. The minimum absolute atomic E-state index is 0.179. The minimum atomic E-state index is -0.260. The molecule has 1 aliphatic rings. The normalized spacial score (nSPS) is 18.1. The number of aliphatic hydroxyl groups excluding tert-OH is 1. The second kappa shape index (κ2) is 6.69. The molecule has 1 saturated heterocycles. The number of piperidine rings is 1. The lowest BCUT2D eigenvalue weighted by Gasteiger charge is -2.33. The van der Waals surface area contributed by atoms with Crippen molar-refractivity contribution in [3.05, 3.63) is 0 Å². The molecular formula is C13H23N5O2. The number of hydrogen-bond acceptors (Lipinski definition) is 7. The molecule has 7 nitrogen and oxygen atoms in total. The summed E-state index contributed by atoms with van der Waals surface area (Å²) in [6.07, 6.45) is 2.48. The predicted molar refractivity (Wildman–Crippen MR) is 76.6 cm³/mol. The number of nitrogen functional groups attached to an aromatic ring is 1. The first-order valence-corrected chi connectivity index (χ1v) is 7.17. The van der Waals surface area contributed by atoms with E-state index >= 15 is 0 Å². The number of rotatable bonds is 5. The van der Waals surface area contributed by atoms with E-state index in [-0.39, 0.29) is 18.1 Å². The van der Waals surface area contributed by atoms with Crippen LogP contribution < -0.4 is 15.4 Å². The van der Waals surface area contributed by atoms with Crippen LogP contribution in [0.2, 0.25) is 0 Å². The van der Waals surface area contributed by atoms with Crippen LogP contribution in [0.3, 0.4) is 0 Å². The van der Waals surface area contributed by atoms with Crippen molar-refractivity contribution in [2.45, 2.75) is 39.2 Å². The van der Waals surface area contributed by atoms with E-state index in [1.54, 1.807) is 0 Å². The van der Waals surface area contributed by atoms with Crippen molar-refractivity contribution in [3.63, 3.8) is 0 Å². The van der Waals surface area contributed by atoms with Gasteiger partial charge in [-0.1, -0.05) is 6.92 Å². The number of aromatic nitrogens is 3. The van der Waals surface area contributed by atoms with E-state index in [1.807, 2.05) is 13.8 Å². The number of nitrogens with two attached hydrogens (primary N) is 1. The number of hydrogen-bond donors (Lipinski definition) is 2. The summed E-state index contributed by atoms with van der Waals surface area (Å²) in [5.74, 6) is 1.09. The van der Waals surface area contributed by atoms with Gasteiger partial charge < -0.3 is 20.5 Å². The highest BCUT2D eigenvalue weighted by atomic mass is 16.5. The van der Waals surface area contributed by atoms with Gasteiger partial charge in [-0.3, -0.25) is 0 Å². The van der Waals surface area contributed by atoms with Crippen molar-refractivity contribution in [2.24, 2.45) is 5.92 Å². The summed E-state index contributed by atoms with van der Waals surface area (Å²) in [5.41, 5.74) is 5.70. The van der Waals surface area contributed by atoms with E-state index < -0.39 is 0 Å². The Bertz CT molecular complexity index is 433. The number of aliphatic hydroxyl groups is 1. The second-order valence-corrected chi connectivity index (χ2v) is 5.19. The Morgan fingerprint density at radius 1 is 1.35 bits per heavy atom. The van der Waals surface area contributed by atoms with Crippen molar-refractivity contribution in [2.75, 3.05) is 30.3 Å². The van der Waals surface area contributed by atoms with Crippen molar-refractivity contribution in [1.29, 1.82) is 0 Å². The minimum Gasteiger partial charge on any atom is -0.463 e. The zero-order valence-electron chi connectivity index (χ0n) is 12.1. The van der Waals surface area contributed by atoms with Crippen LogP contribution in [0.5, 0.6) is 6.01 Å². The van der Waals surface area contributed by atoms with Crippen molar-refractivity contribution >= 4 is 11.9 Å². The SMILES string of the molecule is CCCOc1nc(N)nc(N2CCC(C(C)O)CC2)n1. The smallest absolute Gasteiger partial charge is 0.323 e. The molecule has 7 heteroatoms. The lowest BCUT2D eigenvalue weighted by Crippen LogP contribution is -2.38. The van der Waals surface area contributed by atoms with Gasteiger partial charge in [0.25, 0.3) is 0 Å². The molecule has 0 spiro atoms. The topological polar surface area (TPSA) is 97.4 Å². The van der Waals surface area contributed by atoms with Crippen LogP contribution >= 0.6 is 0 Å². The molecule has 1 atom stereocenters. The summed E-state index contributed by atoms with van der Waals surface area (Å²) in [6.45, 7) is 6.05. The van der Waals surface area contributed by atoms with Gasteiger partial charge in [0.15, 0.2) is 0 Å². The zero-order chi connectivity index (χ0) is 14.5. The molecule has 0 amide bonds. The van der Waals surface area contributed by atoms with Crippen LogP contribution in [0, 0.1) is 5.92 Å². The Balaban J connectivity index is 2.03. The van der Waals surface area contributed by atoms with Gasteiger partial charge in [-0.2, -0.15) is 15.0 Å². The lowest BCUT2D eigenvalue weighted by atomic mass is 9.92. The van der Waals surface area contributed by atoms with Crippen LogP contribution in [-0.4, -0.2) is 45.9 Å². The maximum Gasteiger partial charge on any atom is 0.323 e. The first-order valence-electron chi connectivity index (χ1n) is 7.17. The summed E-state index contributed by atoms with van der Waals surface area (Å²) in [4.78, 5) is 14.5. The number of nitrogens with zero attached hydrogens (tertiary/aromatic N) is 4. The molecule has 20 heavy (non-hydrogen) atoms. The van der Waals surface area contributed by atoms with E-state index in [0.29, 0.717) is 18.5 Å². The molecule has 0 bridgehead atoms. The van der Waals surface area contributed by atoms with E-state index in [1.165, 1.54) is 0 Å². The highest BCUT2D eigenvalue weighted by Gasteiger charge is 2.24. The fraction of sp³-hybridized carbons (Fsp3) is 0.769. The maximum absolute atomic E-state index is 9.62. The summed E-state index contributed by atoms with van der Waals surface area (Å²) >= 11 is 0. The largest absolute Gasteiger partial charge is 0.463 e. The molecule has 112 valence electrons. The third-order valence-corrected chi connectivity index (χ3v) is 3.56.